The highest BCUT2D eigenvalue weighted by Gasteiger charge is 2.36. The molecule has 30 heavy (non-hydrogen) atoms. The summed E-state index contributed by atoms with van der Waals surface area (Å²) < 4.78 is 23.1. The molecule has 0 aromatic rings. The molecule has 2 saturated heterocycles. The first-order chi connectivity index (χ1) is 13.9. The summed E-state index contributed by atoms with van der Waals surface area (Å²) in [4.78, 5) is 19.3. The number of halogens is 1. The van der Waals surface area contributed by atoms with E-state index in [-0.39, 0.29) is 47.4 Å². The van der Waals surface area contributed by atoms with Gasteiger partial charge in [-0.2, -0.15) is 0 Å². The van der Waals surface area contributed by atoms with Crippen molar-refractivity contribution >= 4 is 45.7 Å². The first kappa shape index (κ1) is 25.7. The predicted octanol–water partition coefficient (Wildman–Crippen LogP) is 2.70. The Labute approximate surface area is 199 Å². The lowest BCUT2D eigenvalue weighted by Gasteiger charge is -2.44. The molecular formula is C21H39IN4O3S. The Morgan fingerprint density at radius 2 is 1.83 bits per heavy atom. The Bertz CT molecular complexity index is 690. The Balaban J connectivity index is 0.00000320. The van der Waals surface area contributed by atoms with Crippen molar-refractivity contribution in [1.82, 2.24) is 15.5 Å². The number of aliphatic imine (C=N–C) groups is 1. The number of carbonyl (C=O) groups excluding carboxylic acids is 1. The van der Waals surface area contributed by atoms with Gasteiger partial charge in [0.1, 0.15) is 0 Å². The van der Waals surface area contributed by atoms with E-state index in [0.717, 1.165) is 25.6 Å². The number of likely N-dealkylation sites (tertiary alicyclic amines) is 1. The van der Waals surface area contributed by atoms with Crippen molar-refractivity contribution in [2.24, 2.45) is 10.4 Å². The highest BCUT2D eigenvalue weighted by molar-refractivity contribution is 14.0. The van der Waals surface area contributed by atoms with Gasteiger partial charge in [-0.1, -0.05) is 25.7 Å². The molecule has 3 fully saturated rings. The van der Waals surface area contributed by atoms with Crippen molar-refractivity contribution in [3.63, 3.8) is 0 Å². The maximum Gasteiger partial charge on any atom is 0.222 e. The third-order valence-corrected chi connectivity index (χ3v) is 8.43. The van der Waals surface area contributed by atoms with Gasteiger partial charge in [0.25, 0.3) is 0 Å². The normalized spacial score (nSPS) is 26.0. The van der Waals surface area contributed by atoms with Gasteiger partial charge >= 0.3 is 0 Å². The van der Waals surface area contributed by atoms with E-state index in [1.54, 1.807) is 0 Å². The van der Waals surface area contributed by atoms with Crippen LogP contribution < -0.4 is 10.6 Å². The second-order valence-corrected chi connectivity index (χ2v) is 11.3. The Hall–Kier alpha value is -0.580. The van der Waals surface area contributed by atoms with Crippen LogP contribution in [-0.2, 0) is 14.6 Å². The lowest BCUT2D eigenvalue weighted by molar-refractivity contribution is -0.121. The summed E-state index contributed by atoms with van der Waals surface area (Å²) >= 11 is 0. The highest BCUT2D eigenvalue weighted by Crippen LogP contribution is 2.42. The highest BCUT2D eigenvalue weighted by atomic mass is 127. The molecule has 2 aliphatic heterocycles. The summed E-state index contributed by atoms with van der Waals surface area (Å²) in [5.41, 5.74) is 0.441. The van der Waals surface area contributed by atoms with Gasteiger partial charge in [-0.3, -0.25) is 9.79 Å². The third-order valence-electron chi connectivity index (χ3n) is 6.66. The molecule has 174 valence electrons. The van der Waals surface area contributed by atoms with E-state index in [2.05, 4.69) is 22.5 Å². The average molecular weight is 555 g/mol. The molecule has 2 heterocycles. The minimum Gasteiger partial charge on any atom is -0.357 e. The fourth-order valence-electron chi connectivity index (χ4n) is 5.17. The van der Waals surface area contributed by atoms with Crippen LogP contribution in [0.5, 0.6) is 0 Å². The van der Waals surface area contributed by atoms with E-state index in [4.69, 9.17) is 4.99 Å². The standard InChI is InChI=1S/C21H38N4O3S.HI/c1-2-22-20(23-13-8-19(26)24-18-9-15-29(27,28)16-18)25-14-7-12-21(17-25)10-5-3-4-6-11-21;/h18H,2-17H2,1H3,(H,22,23)(H,24,26);1H. The Morgan fingerprint density at radius 1 is 1.13 bits per heavy atom. The first-order valence-corrected chi connectivity index (χ1v) is 13.3. The predicted molar refractivity (Wildman–Crippen MR) is 132 cm³/mol. The van der Waals surface area contributed by atoms with Crippen LogP contribution in [0.1, 0.15) is 71.1 Å². The topological polar surface area (TPSA) is 90.9 Å². The van der Waals surface area contributed by atoms with Crippen LogP contribution in [0.25, 0.3) is 0 Å². The van der Waals surface area contributed by atoms with E-state index in [1.165, 1.54) is 51.4 Å². The summed E-state index contributed by atoms with van der Waals surface area (Å²) in [5, 5.41) is 6.26. The third kappa shape index (κ3) is 7.53. The van der Waals surface area contributed by atoms with Crippen molar-refractivity contribution in [1.29, 1.82) is 0 Å². The summed E-state index contributed by atoms with van der Waals surface area (Å²) in [6.07, 6.45) is 11.4. The minimum atomic E-state index is -2.97. The van der Waals surface area contributed by atoms with Gasteiger partial charge in [0.2, 0.25) is 5.91 Å². The summed E-state index contributed by atoms with van der Waals surface area (Å²) in [5.74, 6) is 1.07. The molecule has 1 amide bonds. The number of nitrogens with zero attached hydrogens (tertiary/aromatic N) is 2. The monoisotopic (exact) mass is 554 g/mol. The largest absolute Gasteiger partial charge is 0.357 e. The van der Waals surface area contributed by atoms with Crippen molar-refractivity contribution in [2.75, 3.05) is 37.7 Å². The Morgan fingerprint density at radius 3 is 2.47 bits per heavy atom. The van der Waals surface area contributed by atoms with Crippen LogP contribution in [-0.4, -0.2) is 68.9 Å². The van der Waals surface area contributed by atoms with E-state index in [9.17, 15) is 13.2 Å². The van der Waals surface area contributed by atoms with Crippen LogP contribution in [0.4, 0.5) is 0 Å². The molecule has 0 aromatic heterocycles. The first-order valence-electron chi connectivity index (χ1n) is 11.4. The molecular weight excluding hydrogens is 515 g/mol. The average Bonchev–Trinajstić information content (AvgIpc) is 2.87. The van der Waals surface area contributed by atoms with Crippen LogP contribution >= 0.6 is 24.0 Å². The van der Waals surface area contributed by atoms with Gasteiger partial charge < -0.3 is 15.5 Å². The van der Waals surface area contributed by atoms with Crippen molar-refractivity contribution in [2.45, 2.75) is 77.2 Å². The van der Waals surface area contributed by atoms with Gasteiger partial charge in [-0.05, 0) is 44.4 Å². The molecule has 3 rings (SSSR count). The summed E-state index contributed by atoms with van der Waals surface area (Å²) in [6, 6.07) is -0.234. The number of sulfone groups is 1. The van der Waals surface area contributed by atoms with E-state index in [1.807, 2.05) is 0 Å². The fraction of sp³-hybridized carbons (Fsp3) is 0.905. The molecule has 1 atom stereocenters. The minimum absolute atomic E-state index is 0. The summed E-state index contributed by atoms with van der Waals surface area (Å²) in [7, 11) is -2.97. The zero-order valence-electron chi connectivity index (χ0n) is 18.3. The van der Waals surface area contributed by atoms with Crippen molar-refractivity contribution in [3.8, 4) is 0 Å². The van der Waals surface area contributed by atoms with Gasteiger partial charge in [-0.25, -0.2) is 8.42 Å². The maximum atomic E-state index is 12.2. The van der Waals surface area contributed by atoms with E-state index < -0.39 is 9.84 Å². The number of carbonyl (C=O) groups is 1. The van der Waals surface area contributed by atoms with Gasteiger partial charge in [0.15, 0.2) is 15.8 Å². The van der Waals surface area contributed by atoms with Gasteiger partial charge in [0, 0.05) is 32.1 Å². The molecule has 2 N–H and O–H groups in total. The van der Waals surface area contributed by atoms with Crippen molar-refractivity contribution < 1.29 is 13.2 Å². The summed E-state index contributed by atoms with van der Waals surface area (Å²) in [6.45, 7) is 5.42. The quantitative estimate of drug-likeness (QED) is 0.310. The smallest absolute Gasteiger partial charge is 0.222 e. The molecule has 1 aliphatic carbocycles. The Kier molecular flexibility index (Phi) is 10.2. The fourth-order valence-corrected chi connectivity index (χ4v) is 6.85. The molecule has 1 spiro atoms. The maximum absolute atomic E-state index is 12.2. The number of amides is 1. The zero-order chi connectivity index (χ0) is 20.7. The van der Waals surface area contributed by atoms with Gasteiger partial charge in [0.05, 0.1) is 18.1 Å². The number of hydrogen-bond acceptors (Lipinski definition) is 4. The lowest BCUT2D eigenvalue weighted by atomic mass is 9.74. The molecule has 7 nitrogen and oxygen atoms in total. The lowest BCUT2D eigenvalue weighted by Crippen LogP contribution is -2.50. The number of hydrogen-bond donors (Lipinski definition) is 2. The molecule has 0 radical (unpaired) electrons. The zero-order valence-corrected chi connectivity index (χ0v) is 21.5. The molecule has 3 aliphatic rings. The molecule has 0 aromatic carbocycles. The van der Waals surface area contributed by atoms with Crippen LogP contribution in [0.2, 0.25) is 0 Å². The number of rotatable bonds is 5. The molecule has 1 saturated carbocycles. The SMILES string of the molecule is CCNC(=NCCC(=O)NC1CCS(=O)(=O)C1)N1CCCC2(CCCCCC2)C1.I. The van der Waals surface area contributed by atoms with Crippen LogP contribution in [0, 0.1) is 5.41 Å². The second-order valence-electron chi connectivity index (χ2n) is 9.09. The molecule has 9 heteroatoms. The molecule has 0 bridgehead atoms. The molecule has 1 unspecified atom stereocenters. The van der Waals surface area contributed by atoms with Crippen LogP contribution in [0.15, 0.2) is 4.99 Å². The van der Waals surface area contributed by atoms with Crippen LogP contribution in [0.3, 0.4) is 0 Å². The number of piperidine rings is 1. The van der Waals surface area contributed by atoms with E-state index >= 15 is 0 Å². The van der Waals surface area contributed by atoms with E-state index in [0.29, 0.717) is 24.8 Å². The number of guanidine groups is 1. The number of nitrogens with one attached hydrogen (secondary N) is 2. The second kappa shape index (κ2) is 11.9. The van der Waals surface area contributed by atoms with Gasteiger partial charge in [-0.15, -0.1) is 24.0 Å². The van der Waals surface area contributed by atoms with Crippen molar-refractivity contribution in [3.05, 3.63) is 0 Å².